The van der Waals surface area contributed by atoms with Crippen molar-refractivity contribution in [2.75, 3.05) is 6.54 Å². The van der Waals surface area contributed by atoms with E-state index in [2.05, 4.69) is 30.4 Å². The minimum Gasteiger partial charge on any atom is -0.266 e. The molecule has 42 valence electrons. The van der Waals surface area contributed by atoms with Crippen LogP contribution in [0.15, 0.2) is 4.74 Å². The van der Waals surface area contributed by atoms with Crippen molar-refractivity contribution in [3.05, 3.63) is 0 Å². The molecule has 0 aliphatic carbocycles. The van der Waals surface area contributed by atoms with Crippen molar-refractivity contribution in [2.45, 2.75) is 13.8 Å². The summed E-state index contributed by atoms with van der Waals surface area (Å²) in [5.74, 6) is 0.676. The van der Waals surface area contributed by atoms with Gasteiger partial charge in [-0.15, -0.1) is 0 Å². The molecule has 0 aliphatic heterocycles. The monoisotopic (exact) mass is 135 g/mol. The molecule has 0 fully saturated rings. The Hall–Kier alpha value is 0.320. The molecule has 0 radical (unpaired) electrons. The Morgan fingerprint density at radius 1 is 1.71 bits per heavy atom. The predicted octanol–water partition coefficient (Wildman–Crippen LogP) is 1.97. The van der Waals surface area contributed by atoms with Gasteiger partial charge in [-0.25, -0.2) is 0 Å². The molecule has 0 aromatic heterocycles. The Kier molecular flexibility index (Phi) is 4.68. The first-order valence-electron chi connectivity index (χ1n) is 2.31. The summed E-state index contributed by atoms with van der Waals surface area (Å²) in [5, 5.41) is 0. The first-order valence-corrected chi connectivity index (χ1v) is 4.39. The molecule has 0 saturated heterocycles. The maximum absolute atomic E-state index is 4.63. The predicted molar refractivity (Wildman–Crippen MR) is 37.8 cm³/mol. The van der Waals surface area contributed by atoms with Crippen LogP contribution in [-0.2, 0) is 11.8 Å². The molecule has 0 aromatic rings. The molecule has 7 heavy (non-hydrogen) atoms. The highest BCUT2D eigenvalue weighted by Gasteiger charge is 1.84. The first kappa shape index (κ1) is 7.32. The van der Waals surface area contributed by atoms with Crippen LogP contribution >= 0.6 is 7.15 Å². The second kappa shape index (κ2) is 4.48. The van der Waals surface area contributed by atoms with Gasteiger partial charge in [-0.05, 0) is 17.7 Å². The fourth-order valence-corrected chi connectivity index (χ4v) is 0.883. The summed E-state index contributed by atoms with van der Waals surface area (Å²) in [7, 11) is 0.359. The van der Waals surface area contributed by atoms with E-state index in [-0.39, 0.29) is 0 Å². The molecular formula is C4H10NPS. The summed E-state index contributed by atoms with van der Waals surface area (Å²) in [6, 6.07) is 0. The molecule has 1 nitrogen and oxygen atoms in total. The maximum Gasteiger partial charge on any atom is 0.0458 e. The molecular weight excluding hydrogens is 125 g/mol. The summed E-state index contributed by atoms with van der Waals surface area (Å²) in [6.45, 7) is 5.21. The van der Waals surface area contributed by atoms with Gasteiger partial charge in [0.05, 0.1) is 0 Å². The Labute approximate surface area is 50.7 Å². The number of hydrogen-bond donors (Lipinski definition) is 0. The van der Waals surface area contributed by atoms with Gasteiger partial charge in [0.15, 0.2) is 0 Å². The smallest absolute Gasteiger partial charge is 0.0458 e. The van der Waals surface area contributed by atoms with Crippen LogP contribution in [0.5, 0.6) is 0 Å². The van der Waals surface area contributed by atoms with E-state index in [4.69, 9.17) is 0 Å². The Morgan fingerprint density at radius 3 is 2.43 bits per heavy atom. The van der Waals surface area contributed by atoms with E-state index in [1.807, 2.05) is 0 Å². The van der Waals surface area contributed by atoms with Gasteiger partial charge in [-0.2, -0.15) is 0 Å². The lowest BCUT2D eigenvalue weighted by Crippen LogP contribution is -1.87. The third-order valence-electron chi connectivity index (χ3n) is 0.521. The summed E-state index contributed by atoms with van der Waals surface area (Å²) >= 11 is 4.63. The molecule has 0 N–H and O–H groups in total. The van der Waals surface area contributed by atoms with Crippen molar-refractivity contribution in [3.63, 3.8) is 0 Å². The average Bonchev–Trinajstić information content (AvgIpc) is 1.61. The summed E-state index contributed by atoms with van der Waals surface area (Å²) in [5.41, 5.74) is 0. The second-order valence-electron chi connectivity index (χ2n) is 1.83. The molecule has 3 heteroatoms. The summed E-state index contributed by atoms with van der Waals surface area (Å²) in [4.78, 5) is 0. The normalized spacial score (nSPS) is 10.1. The van der Waals surface area contributed by atoms with Crippen molar-refractivity contribution in [1.82, 2.24) is 0 Å². The molecule has 0 heterocycles. The molecule has 0 saturated carbocycles. The molecule has 1 atom stereocenters. The molecule has 0 amide bonds. The van der Waals surface area contributed by atoms with Crippen LogP contribution in [0.4, 0.5) is 0 Å². The van der Waals surface area contributed by atoms with Gasteiger partial charge in [0.1, 0.15) is 0 Å². The van der Waals surface area contributed by atoms with Gasteiger partial charge >= 0.3 is 0 Å². The number of rotatable bonds is 2. The quantitative estimate of drug-likeness (QED) is 0.527. The zero-order chi connectivity index (χ0) is 5.70. The second-order valence-corrected chi connectivity index (χ2v) is 2.87. The lowest BCUT2D eigenvalue weighted by Gasteiger charge is -1.92. The van der Waals surface area contributed by atoms with E-state index < -0.39 is 0 Å². The molecule has 1 unspecified atom stereocenters. The van der Waals surface area contributed by atoms with Gasteiger partial charge in [-0.3, -0.25) is 4.74 Å². The molecule has 0 aromatic carbocycles. The fraction of sp³-hybridized carbons (Fsp3) is 1.00. The minimum atomic E-state index is 0.359. The Bertz CT molecular complexity index is 85.7. The van der Waals surface area contributed by atoms with Crippen molar-refractivity contribution in [1.29, 1.82) is 0 Å². The van der Waals surface area contributed by atoms with Gasteiger partial charge in [0.25, 0.3) is 0 Å². The van der Waals surface area contributed by atoms with Crippen molar-refractivity contribution < 1.29 is 0 Å². The van der Waals surface area contributed by atoms with Gasteiger partial charge in [-0.1, -0.05) is 13.8 Å². The summed E-state index contributed by atoms with van der Waals surface area (Å²) in [6.07, 6.45) is 0. The van der Waals surface area contributed by atoms with Crippen molar-refractivity contribution >= 4 is 19.0 Å². The Balaban J connectivity index is 3.13. The SMILES string of the molecule is CC(C)CN=[PH]=S. The molecule has 0 spiro atoms. The zero-order valence-electron chi connectivity index (χ0n) is 4.64. The average molecular weight is 135 g/mol. The third kappa shape index (κ3) is 6.32. The van der Waals surface area contributed by atoms with Crippen LogP contribution in [0.2, 0.25) is 0 Å². The highest BCUT2D eigenvalue weighted by molar-refractivity contribution is 7.92. The standard InChI is InChI=1S/C4H10NPS/c1-4(2)3-5-6-7/h4,6H,3H2,1-2H3. The zero-order valence-corrected chi connectivity index (χ0v) is 6.46. The van der Waals surface area contributed by atoms with Crippen LogP contribution in [0.25, 0.3) is 0 Å². The van der Waals surface area contributed by atoms with E-state index in [0.29, 0.717) is 13.1 Å². The largest absolute Gasteiger partial charge is 0.266 e. The van der Waals surface area contributed by atoms with Crippen LogP contribution < -0.4 is 0 Å². The summed E-state index contributed by atoms with van der Waals surface area (Å²) < 4.78 is 4.01. The van der Waals surface area contributed by atoms with E-state index >= 15 is 0 Å². The number of nitrogens with zero attached hydrogens (tertiary/aromatic N) is 1. The first-order chi connectivity index (χ1) is 3.27. The topological polar surface area (TPSA) is 12.4 Å². The molecule has 0 rings (SSSR count). The minimum absolute atomic E-state index is 0.359. The van der Waals surface area contributed by atoms with Crippen LogP contribution in [0.3, 0.4) is 0 Å². The fourth-order valence-electron chi connectivity index (χ4n) is 0.220. The van der Waals surface area contributed by atoms with E-state index in [1.54, 1.807) is 0 Å². The molecule has 0 bridgehead atoms. The van der Waals surface area contributed by atoms with Crippen molar-refractivity contribution in [2.24, 2.45) is 10.7 Å². The van der Waals surface area contributed by atoms with Gasteiger partial charge in [0, 0.05) is 13.7 Å². The lowest BCUT2D eigenvalue weighted by molar-refractivity contribution is 0.671. The number of hydrogen-bond acceptors (Lipinski definition) is 2. The van der Waals surface area contributed by atoms with E-state index in [1.165, 1.54) is 0 Å². The maximum atomic E-state index is 4.63. The lowest BCUT2D eigenvalue weighted by atomic mass is 10.2. The highest BCUT2D eigenvalue weighted by Crippen LogP contribution is 1.93. The van der Waals surface area contributed by atoms with Gasteiger partial charge in [0.2, 0.25) is 0 Å². The molecule has 0 aliphatic rings. The van der Waals surface area contributed by atoms with E-state index in [0.717, 1.165) is 6.54 Å². The highest BCUT2D eigenvalue weighted by atomic mass is 32.4. The van der Waals surface area contributed by atoms with Crippen LogP contribution in [0, 0.1) is 5.92 Å². The van der Waals surface area contributed by atoms with Gasteiger partial charge < -0.3 is 0 Å². The van der Waals surface area contributed by atoms with E-state index in [9.17, 15) is 0 Å². The Morgan fingerprint density at radius 2 is 2.29 bits per heavy atom. The van der Waals surface area contributed by atoms with Crippen molar-refractivity contribution in [3.8, 4) is 0 Å². The van der Waals surface area contributed by atoms with Crippen LogP contribution in [0.1, 0.15) is 13.8 Å². The third-order valence-corrected chi connectivity index (χ3v) is 1.22. The van der Waals surface area contributed by atoms with Crippen LogP contribution in [-0.4, -0.2) is 6.54 Å².